The fraction of sp³-hybridized carbons (Fsp3) is 0.846. The highest BCUT2D eigenvalue weighted by Crippen LogP contribution is 2.41. The van der Waals surface area contributed by atoms with E-state index in [0.29, 0.717) is 11.7 Å². The lowest BCUT2D eigenvalue weighted by Gasteiger charge is -2.35. The molecule has 1 heterocycles. The van der Waals surface area contributed by atoms with Crippen molar-refractivity contribution in [1.29, 1.82) is 0 Å². The predicted octanol–water partition coefficient (Wildman–Crippen LogP) is 3.97. The predicted molar refractivity (Wildman–Crippen MR) is 72.6 cm³/mol. The monoisotopic (exact) mass is 316 g/mol. The number of methoxy groups -OCH3 is 1. The normalized spacial score (nSPS) is 30.3. The van der Waals surface area contributed by atoms with Crippen molar-refractivity contribution < 1.29 is 9.26 Å². The highest BCUT2D eigenvalue weighted by Gasteiger charge is 2.40. The van der Waals surface area contributed by atoms with Crippen LogP contribution in [0.25, 0.3) is 0 Å². The molecule has 1 aliphatic rings. The summed E-state index contributed by atoms with van der Waals surface area (Å²) < 4.78 is 11.1. The Morgan fingerprint density at radius 2 is 2.17 bits per heavy atom. The number of rotatable bonds is 4. The van der Waals surface area contributed by atoms with Gasteiger partial charge in [-0.15, -0.1) is 0 Å². The van der Waals surface area contributed by atoms with Gasteiger partial charge in [-0.2, -0.15) is 4.98 Å². The maximum Gasteiger partial charge on any atom is 0.240 e. The van der Waals surface area contributed by atoms with E-state index in [2.05, 4.69) is 39.9 Å². The zero-order valence-corrected chi connectivity index (χ0v) is 12.9. The van der Waals surface area contributed by atoms with E-state index in [1.165, 1.54) is 0 Å². The van der Waals surface area contributed by atoms with E-state index in [0.717, 1.165) is 38.0 Å². The summed E-state index contributed by atoms with van der Waals surface area (Å²) in [4.78, 5) is 4.66. The van der Waals surface area contributed by atoms with Crippen molar-refractivity contribution in [2.75, 3.05) is 7.11 Å². The van der Waals surface area contributed by atoms with E-state index in [-0.39, 0.29) is 10.4 Å². The van der Waals surface area contributed by atoms with Crippen molar-refractivity contribution >= 4 is 15.9 Å². The van der Waals surface area contributed by atoms with Gasteiger partial charge in [0.1, 0.15) is 5.60 Å². The second kappa shape index (κ2) is 5.70. The van der Waals surface area contributed by atoms with Crippen LogP contribution in [0, 0.1) is 5.92 Å². The second-order valence-electron chi connectivity index (χ2n) is 5.21. The number of nitrogens with zero attached hydrogens (tertiary/aromatic N) is 2. The summed E-state index contributed by atoms with van der Waals surface area (Å²) in [5.41, 5.74) is -0.339. The van der Waals surface area contributed by atoms with Crippen LogP contribution in [0.1, 0.15) is 62.5 Å². The van der Waals surface area contributed by atoms with Crippen molar-refractivity contribution in [3.8, 4) is 0 Å². The molecule has 1 aromatic heterocycles. The highest BCUT2D eigenvalue weighted by atomic mass is 79.9. The number of ether oxygens (including phenoxy) is 1. The van der Waals surface area contributed by atoms with E-state index in [1.807, 2.05) is 0 Å². The van der Waals surface area contributed by atoms with E-state index in [1.54, 1.807) is 7.11 Å². The summed E-state index contributed by atoms with van der Waals surface area (Å²) in [5, 5.41) is 4.14. The molecule has 5 heteroatoms. The first-order valence-electron chi connectivity index (χ1n) is 6.64. The molecule has 1 atom stereocenters. The van der Waals surface area contributed by atoms with Crippen molar-refractivity contribution in [1.82, 2.24) is 10.1 Å². The van der Waals surface area contributed by atoms with Crippen molar-refractivity contribution in [2.24, 2.45) is 5.92 Å². The smallest absolute Gasteiger partial charge is 0.240 e. The minimum Gasteiger partial charge on any atom is -0.370 e. The van der Waals surface area contributed by atoms with Gasteiger partial charge in [-0.05, 0) is 38.0 Å². The van der Waals surface area contributed by atoms with Crippen LogP contribution in [-0.4, -0.2) is 17.3 Å². The van der Waals surface area contributed by atoms with Gasteiger partial charge in [0, 0.05) is 7.11 Å². The maximum atomic E-state index is 5.74. The molecule has 0 saturated heterocycles. The zero-order valence-electron chi connectivity index (χ0n) is 11.3. The molecular formula is C13H21BrN2O2. The Hall–Kier alpha value is -0.420. The van der Waals surface area contributed by atoms with E-state index in [9.17, 15) is 0 Å². The molecule has 1 aliphatic carbocycles. The molecule has 0 aromatic carbocycles. The van der Waals surface area contributed by atoms with Gasteiger partial charge in [-0.1, -0.05) is 34.9 Å². The fourth-order valence-corrected chi connectivity index (χ4v) is 2.66. The van der Waals surface area contributed by atoms with Gasteiger partial charge in [-0.3, -0.25) is 0 Å². The van der Waals surface area contributed by atoms with Gasteiger partial charge < -0.3 is 9.26 Å². The lowest BCUT2D eigenvalue weighted by Crippen LogP contribution is -2.34. The molecule has 0 aliphatic heterocycles. The summed E-state index contributed by atoms with van der Waals surface area (Å²) in [5.74, 6) is 2.13. The van der Waals surface area contributed by atoms with Crippen LogP contribution in [0.15, 0.2) is 4.52 Å². The lowest BCUT2D eigenvalue weighted by molar-refractivity contribution is -0.0609. The number of aromatic nitrogens is 2. The summed E-state index contributed by atoms with van der Waals surface area (Å²) in [7, 11) is 1.75. The summed E-state index contributed by atoms with van der Waals surface area (Å²) in [6.45, 7) is 4.37. The van der Waals surface area contributed by atoms with Crippen molar-refractivity contribution in [2.45, 2.75) is 56.4 Å². The van der Waals surface area contributed by atoms with E-state index in [4.69, 9.17) is 9.26 Å². The molecule has 2 rings (SSSR count). The van der Waals surface area contributed by atoms with Crippen molar-refractivity contribution in [3.05, 3.63) is 11.7 Å². The standard InChI is InChI=1S/C13H21BrN2O2/c1-4-10(14)11-15-12(16-18-11)13(17-3)7-5-9(2)6-8-13/h9-10H,4-8H2,1-3H3. The van der Waals surface area contributed by atoms with Crippen LogP contribution in [0.4, 0.5) is 0 Å². The molecule has 1 aromatic rings. The molecular weight excluding hydrogens is 296 g/mol. The van der Waals surface area contributed by atoms with Crippen LogP contribution >= 0.6 is 15.9 Å². The summed E-state index contributed by atoms with van der Waals surface area (Å²) in [6.07, 6.45) is 5.19. The Morgan fingerprint density at radius 1 is 1.50 bits per heavy atom. The molecule has 0 amide bonds. The first kappa shape index (κ1) is 14.0. The van der Waals surface area contributed by atoms with Gasteiger partial charge in [0.05, 0.1) is 4.83 Å². The molecule has 1 fully saturated rings. The molecule has 4 nitrogen and oxygen atoms in total. The zero-order chi connectivity index (χ0) is 13.2. The highest BCUT2D eigenvalue weighted by molar-refractivity contribution is 9.09. The van der Waals surface area contributed by atoms with Crippen LogP contribution in [0.2, 0.25) is 0 Å². The average Bonchev–Trinajstić information content (AvgIpc) is 2.89. The Balaban J connectivity index is 2.20. The second-order valence-corrected chi connectivity index (χ2v) is 6.32. The number of hydrogen-bond donors (Lipinski definition) is 0. The summed E-state index contributed by atoms with van der Waals surface area (Å²) in [6, 6.07) is 0. The largest absolute Gasteiger partial charge is 0.370 e. The third kappa shape index (κ3) is 2.62. The van der Waals surface area contributed by atoms with Gasteiger partial charge in [0.2, 0.25) is 11.7 Å². The first-order valence-corrected chi connectivity index (χ1v) is 7.56. The molecule has 102 valence electrons. The Kier molecular flexibility index (Phi) is 4.43. The molecule has 0 spiro atoms. The lowest BCUT2D eigenvalue weighted by atomic mass is 9.79. The fourth-order valence-electron chi connectivity index (χ4n) is 2.47. The molecule has 0 radical (unpaired) electrons. The van der Waals surface area contributed by atoms with Crippen LogP contribution < -0.4 is 0 Å². The maximum absolute atomic E-state index is 5.74. The summed E-state index contributed by atoms with van der Waals surface area (Å²) >= 11 is 3.53. The number of alkyl halides is 1. The van der Waals surface area contributed by atoms with Gasteiger partial charge in [0.15, 0.2) is 0 Å². The topological polar surface area (TPSA) is 48.2 Å². The Bertz CT molecular complexity index is 386. The van der Waals surface area contributed by atoms with Crippen LogP contribution in [0.5, 0.6) is 0 Å². The minimum absolute atomic E-state index is 0.134. The van der Waals surface area contributed by atoms with Crippen LogP contribution in [0.3, 0.4) is 0 Å². The van der Waals surface area contributed by atoms with Gasteiger partial charge in [0.25, 0.3) is 0 Å². The number of hydrogen-bond acceptors (Lipinski definition) is 4. The van der Waals surface area contributed by atoms with E-state index >= 15 is 0 Å². The molecule has 0 bridgehead atoms. The van der Waals surface area contributed by atoms with E-state index < -0.39 is 0 Å². The SMILES string of the molecule is CCC(Br)c1nc(C2(OC)CCC(C)CC2)no1. The molecule has 0 N–H and O–H groups in total. The van der Waals surface area contributed by atoms with Gasteiger partial charge >= 0.3 is 0 Å². The number of halogens is 1. The third-order valence-electron chi connectivity index (χ3n) is 3.95. The molecule has 18 heavy (non-hydrogen) atoms. The van der Waals surface area contributed by atoms with Crippen LogP contribution in [-0.2, 0) is 10.3 Å². The van der Waals surface area contributed by atoms with Gasteiger partial charge in [-0.25, -0.2) is 0 Å². The Morgan fingerprint density at radius 3 is 2.72 bits per heavy atom. The Labute approximate surface area is 117 Å². The molecule has 1 saturated carbocycles. The first-order chi connectivity index (χ1) is 8.61. The quantitative estimate of drug-likeness (QED) is 0.789. The minimum atomic E-state index is -0.339. The average molecular weight is 317 g/mol. The molecule has 1 unspecified atom stereocenters. The third-order valence-corrected chi connectivity index (χ3v) is 4.99. The van der Waals surface area contributed by atoms with Crippen molar-refractivity contribution in [3.63, 3.8) is 0 Å².